The van der Waals surface area contributed by atoms with Gasteiger partial charge in [-0.15, -0.1) is 0 Å². The highest BCUT2D eigenvalue weighted by molar-refractivity contribution is 6.31. The van der Waals surface area contributed by atoms with Crippen LogP contribution in [0.5, 0.6) is 0 Å². The van der Waals surface area contributed by atoms with E-state index in [2.05, 4.69) is 37.5 Å². The van der Waals surface area contributed by atoms with Crippen LogP contribution in [0.3, 0.4) is 0 Å². The molecule has 1 unspecified atom stereocenters. The van der Waals surface area contributed by atoms with Gasteiger partial charge in [0.2, 0.25) is 0 Å². The normalized spacial score (nSPS) is 23.4. The van der Waals surface area contributed by atoms with Crippen molar-refractivity contribution in [1.29, 1.82) is 0 Å². The Morgan fingerprint density at radius 3 is 2.88 bits per heavy atom. The van der Waals surface area contributed by atoms with Gasteiger partial charge in [-0.05, 0) is 43.0 Å². The second kappa shape index (κ2) is 4.87. The van der Waals surface area contributed by atoms with E-state index in [1.165, 1.54) is 0 Å². The molecule has 1 aromatic carbocycles. The third-order valence-corrected chi connectivity index (χ3v) is 4.14. The molecule has 17 heavy (non-hydrogen) atoms. The van der Waals surface area contributed by atoms with Gasteiger partial charge in [0.1, 0.15) is 0 Å². The summed E-state index contributed by atoms with van der Waals surface area (Å²) in [5, 5.41) is 7.94. The summed E-state index contributed by atoms with van der Waals surface area (Å²) in [7, 11) is 0. The van der Waals surface area contributed by atoms with E-state index in [1.807, 2.05) is 12.1 Å². The molecule has 1 fully saturated rings. The van der Waals surface area contributed by atoms with E-state index in [0.29, 0.717) is 6.04 Å². The Morgan fingerprint density at radius 1 is 1.41 bits per heavy atom. The second-order valence-corrected chi connectivity index (χ2v) is 5.97. The average molecular weight is 253 g/mol. The van der Waals surface area contributed by atoms with Gasteiger partial charge >= 0.3 is 0 Å². The molecule has 2 N–H and O–H groups in total. The van der Waals surface area contributed by atoms with Crippen molar-refractivity contribution in [1.82, 2.24) is 5.32 Å². The number of benzene rings is 1. The van der Waals surface area contributed by atoms with Crippen LogP contribution >= 0.6 is 11.6 Å². The molecule has 3 heteroatoms. The number of hydrogen-bond acceptors (Lipinski definition) is 2. The van der Waals surface area contributed by atoms with Crippen molar-refractivity contribution in [3.8, 4) is 0 Å². The van der Waals surface area contributed by atoms with Gasteiger partial charge in [-0.25, -0.2) is 0 Å². The van der Waals surface area contributed by atoms with Crippen LogP contribution in [0.2, 0.25) is 5.02 Å². The average Bonchev–Trinajstić information content (AvgIpc) is 2.27. The van der Waals surface area contributed by atoms with Crippen molar-refractivity contribution in [3.05, 3.63) is 28.8 Å². The van der Waals surface area contributed by atoms with Crippen molar-refractivity contribution in [2.75, 3.05) is 18.4 Å². The van der Waals surface area contributed by atoms with E-state index in [9.17, 15) is 0 Å². The largest absolute Gasteiger partial charge is 0.381 e. The maximum absolute atomic E-state index is 6.15. The van der Waals surface area contributed by atoms with Gasteiger partial charge in [0, 0.05) is 23.3 Å². The molecule has 0 aromatic heterocycles. The summed E-state index contributed by atoms with van der Waals surface area (Å²) in [6.07, 6.45) is 1.15. The Bertz CT molecular complexity index is 401. The molecule has 1 aromatic rings. The first kappa shape index (κ1) is 12.7. The summed E-state index contributed by atoms with van der Waals surface area (Å²) in [4.78, 5) is 0. The fraction of sp³-hybridized carbons (Fsp3) is 0.571. The van der Waals surface area contributed by atoms with Crippen molar-refractivity contribution >= 4 is 17.3 Å². The van der Waals surface area contributed by atoms with Gasteiger partial charge in [0.05, 0.1) is 0 Å². The van der Waals surface area contributed by atoms with Crippen LogP contribution < -0.4 is 10.6 Å². The van der Waals surface area contributed by atoms with Crippen LogP contribution in [-0.2, 0) is 0 Å². The molecule has 2 rings (SSSR count). The minimum absolute atomic E-state index is 0.271. The molecule has 0 saturated carbocycles. The Hall–Kier alpha value is -0.730. The lowest BCUT2D eigenvalue weighted by Crippen LogP contribution is -2.49. The van der Waals surface area contributed by atoms with E-state index >= 15 is 0 Å². The first-order chi connectivity index (χ1) is 8.00. The number of halogens is 1. The number of hydrogen-bond donors (Lipinski definition) is 2. The number of rotatable bonds is 2. The molecule has 2 nitrogen and oxygen atoms in total. The molecular weight excluding hydrogens is 232 g/mol. The quantitative estimate of drug-likeness (QED) is 0.843. The topological polar surface area (TPSA) is 24.1 Å². The maximum Gasteiger partial charge on any atom is 0.0455 e. The molecule has 1 aliphatic rings. The summed E-state index contributed by atoms with van der Waals surface area (Å²) in [5.41, 5.74) is 2.58. The third-order valence-electron chi connectivity index (χ3n) is 3.73. The third kappa shape index (κ3) is 2.75. The van der Waals surface area contributed by atoms with E-state index in [1.54, 1.807) is 0 Å². The standard InChI is InChI=1S/C14H21ClN2/c1-10-11(15)5-4-6-12(10)17-13-7-8-16-9-14(13,2)3/h4-6,13,16-17H,7-9H2,1-3H3. The highest BCUT2D eigenvalue weighted by Crippen LogP contribution is 2.31. The summed E-state index contributed by atoms with van der Waals surface area (Å²) in [6, 6.07) is 6.56. The first-order valence-corrected chi connectivity index (χ1v) is 6.61. The Morgan fingerprint density at radius 2 is 2.18 bits per heavy atom. The van der Waals surface area contributed by atoms with Crippen LogP contribution in [0.15, 0.2) is 18.2 Å². The van der Waals surface area contributed by atoms with Gasteiger partial charge in [0.15, 0.2) is 0 Å². The smallest absolute Gasteiger partial charge is 0.0455 e. The lowest BCUT2D eigenvalue weighted by molar-refractivity contribution is 0.236. The van der Waals surface area contributed by atoms with Gasteiger partial charge in [0.25, 0.3) is 0 Å². The zero-order valence-corrected chi connectivity index (χ0v) is 11.6. The van der Waals surface area contributed by atoms with Crippen molar-refractivity contribution in [2.24, 2.45) is 5.41 Å². The van der Waals surface area contributed by atoms with Gasteiger partial charge in [-0.2, -0.15) is 0 Å². The van der Waals surface area contributed by atoms with Crippen LogP contribution in [0.4, 0.5) is 5.69 Å². The second-order valence-electron chi connectivity index (χ2n) is 5.56. The maximum atomic E-state index is 6.15. The van der Waals surface area contributed by atoms with Crippen molar-refractivity contribution < 1.29 is 0 Å². The monoisotopic (exact) mass is 252 g/mol. The number of anilines is 1. The molecular formula is C14H21ClN2. The van der Waals surface area contributed by atoms with Crippen LogP contribution in [0.1, 0.15) is 25.8 Å². The Kier molecular flexibility index (Phi) is 3.64. The molecule has 1 saturated heterocycles. The summed E-state index contributed by atoms with van der Waals surface area (Å²) in [5.74, 6) is 0. The van der Waals surface area contributed by atoms with E-state index in [-0.39, 0.29) is 5.41 Å². The lowest BCUT2D eigenvalue weighted by Gasteiger charge is -2.40. The fourth-order valence-electron chi connectivity index (χ4n) is 2.39. The first-order valence-electron chi connectivity index (χ1n) is 6.23. The summed E-state index contributed by atoms with van der Waals surface area (Å²) in [6.45, 7) is 8.82. The Labute approximate surface area is 109 Å². The summed E-state index contributed by atoms with van der Waals surface area (Å²) >= 11 is 6.15. The summed E-state index contributed by atoms with van der Waals surface area (Å²) < 4.78 is 0. The zero-order valence-electron chi connectivity index (χ0n) is 10.8. The minimum Gasteiger partial charge on any atom is -0.381 e. The van der Waals surface area contributed by atoms with Crippen LogP contribution in [0.25, 0.3) is 0 Å². The van der Waals surface area contributed by atoms with E-state index in [4.69, 9.17) is 11.6 Å². The molecule has 0 spiro atoms. The molecule has 0 amide bonds. The highest BCUT2D eigenvalue weighted by Gasteiger charge is 2.32. The number of nitrogens with one attached hydrogen (secondary N) is 2. The number of piperidine rings is 1. The zero-order chi connectivity index (χ0) is 12.5. The van der Waals surface area contributed by atoms with Crippen molar-refractivity contribution in [3.63, 3.8) is 0 Å². The van der Waals surface area contributed by atoms with Gasteiger partial charge in [-0.3, -0.25) is 0 Å². The fourth-order valence-corrected chi connectivity index (χ4v) is 2.56. The minimum atomic E-state index is 0.271. The SMILES string of the molecule is Cc1c(Cl)cccc1NC1CCNCC1(C)C. The lowest BCUT2D eigenvalue weighted by atomic mass is 9.80. The molecule has 1 heterocycles. The van der Waals surface area contributed by atoms with Gasteiger partial charge < -0.3 is 10.6 Å². The predicted octanol–water partition coefficient (Wildman–Crippen LogP) is 3.45. The molecule has 1 aliphatic heterocycles. The molecule has 94 valence electrons. The molecule has 0 bridgehead atoms. The van der Waals surface area contributed by atoms with Gasteiger partial charge in [-0.1, -0.05) is 31.5 Å². The molecule has 0 aliphatic carbocycles. The Balaban J connectivity index is 2.17. The van der Waals surface area contributed by atoms with Crippen LogP contribution in [-0.4, -0.2) is 19.1 Å². The molecule has 1 atom stereocenters. The van der Waals surface area contributed by atoms with E-state index < -0.39 is 0 Å². The van der Waals surface area contributed by atoms with Crippen LogP contribution in [0, 0.1) is 12.3 Å². The van der Waals surface area contributed by atoms with E-state index in [0.717, 1.165) is 35.8 Å². The molecule has 0 radical (unpaired) electrons. The highest BCUT2D eigenvalue weighted by atomic mass is 35.5. The van der Waals surface area contributed by atoms with Crippen molar-refractivity contribution in [2.45, 2.75) is 33.2 Å². The predicted molar refractivity (Wildman–Crippen MR) is 74.9 cm³/mol.